The Morgan fingerprint density at radius 2 is 2.00 bits per heavy atom. The van der Waals surface area contributed by atoms with Crippen LogP contribution >= 0.6 is 11.8 Å². The first kappa shape index (κ1) is 17.9. The first-order valence-corrected chi connectivity index (χ1v) is 9.74. The van der Waals surface area contributed by atoms with E-state index in [1.165, 1.54) is 48.2 Å². The molecule has 25 heavy (non-hydrogen) atoms. The number of aryl methyl sites for hydroxylation is 1. The number of benzene rings is 1. The summed E-state index contributed by atoms with van der Waals surface area (Å²) in [4.78, 5) is 13.8. The topological polar surface area (TPSA) is 72.5 Å². The van der Waals surface area contributed by atoms with Crippen molar-refractivity contribution in [1.29, 1.82) is 0 Å². The van der Waals surface area contributed by atoms with Crippen molar-refractivity contribution in [3.05, 3.63) is 35.7 Å². The standard InChI is InChI=1S/C18H24N4O2S/c1-3-14-6-8-15(9-7-14)19-17(23)13(2)25-18-21-20-16(24-18)12-22-10-4-5-11-22/h6-9,13H,3-5,10-12H2,1-2H3,(H,19,23)/p+1/t13-/m1/s1. The minimum atomic E-state index is -0.307. The second kappa shape index (κ2) is 8.49. The molecule has 0 bridgehead atoms. The van der Waals surface area contributed by atoms with Crippen LogP contribution in [0.5, 0.6) is 0 Å². The number of hydrogen-bond acceptors (Lipinski definition) is 5. The molecule has 2 aromatic rings. The lowest BCUT2D eigenvalue weighted by Gasteiger charge is -2.10. The zero-order chi connectivity index (χ0) is 17.6. The van der Waals surface area contributed by atoms with Crippen LogP contribution in [0.2, 0.25) is 0 Å². The Morgan fingerprint density at radius 3 is 2.68 bits per heavy atom. The van der Waals surface area contributed by atoms with Crippen molar-refractivity contribution < 1.29 is 14.1 Å². The van der Waals surface area contributed by atoms with Gasteiger partial charge in [0.1, 0.15) is 0 Å². The first-order valence-electron chi connectivity index (χ1n) is 8.86. The molecule has 134 valence electrons. The lowest BCUT2D eigenvalue weighted by atomic mass is 10.1. The van der Waals surface area contributed by atoms with Crippen molar-refractivity contribution in [1.82, 2.24) is 10.2 Å². The summed E-state index contributed by atoms with van der Waals surface area (Å²) < 4.78 is 5.69. The van der Waals surface area contributed by atoms with Crippen molar-refractivity contribution in [2.45, 2.75) is 50.1 Å². The van der Waals surface area contributed by atoms with E-state index in [0.29, 0.717) is 11.1 Å². The molecule has 3 rings (SSSR count). The van der Waals surface area contributed by atoms with Crippen LogP contribution in [0.1, 0.15) is 38.1 Å². The van der Waals surface area contributed by atoms with Crippen LogP contribution in [0.4, 0.5) is 5.69 Å². The largest absolute Gasteiger partial charge is 0.410 e. The van der Waals surface area contributed by atoms with Gasteiger partial charge < -0.3 is 14.6 Å². The SMILES string of the molecule is CCc1ccc(NC(=O)[C@@H](C)Sc2nnc(C[NH+]3CCCC3)o2)cc1. The van der Waals surface area contributed by atoms with Gasteiger partial charge in [-0.3, -0.25) is 4.79 Å². The molecule has 1 aliphatic heterocycles. The highest BCUT2D eigenvalue weighted by Gasteiger charge is 2.21. The maximum absolute atomic E-state index is 12.3. The van der Waals surface area contributed by atoms with Gasteiger partial charge in [0.2, 0.25) is 5.91 Å². The number of carbonyl (C=O) groups is 1. The molecule has 1 fully saturated rings. The number of hydrogen-bond donors (Lipinski definition) is 2. The van der Waals surface area contributed by atoms with Crippen LogP contribution in [0.3, 0.4) is 0 Å². The second-order valence-electron chi connectivity index (χ2n) is 6.40. The summed E-state index contributed by atoms with van der Waals surface area (Å²) in [5.74, 6) is 0.585. The van der Waals surface area contributed by atoms with Gasteiger partial charge in [0.15, 0.2) is 6.54 Å². The summed E-state index contributed by atoms with van der Waals surface area (Å²) in [5, 5.41) is 11.2. The normalized spacial score (nSPS) is 16.1. The van der Waals surface area contributed by atoms with E-state index in [1.54, 1.807) is 0 Å². The Bertz CT molecular complexity index is 695. The van der Waals surface area contributed by atoms with Crippen LogP contribution < -0.4 is 10.2 Å². The van der Waals surface area contributed by atoms with Gasteiger partial charge in [0, 0.05) is 18.5 Å². The number of anilines is 1. The number of rotatable bonds is 7. The van der Waals surface area contributed by atoms with Crippen molar-refractivity contribution in [2.24, 2.45) is 0 Å². The van der Waals surface area contributed by atoms with E-state index in [2.05, 4.69) is 22.4 Å². The molecule has 6 nitrogen and oxygen atoms in total. The lowest BCUT2D eigenvalue weighted by molar-refractivity contribution is -0.902. The molecule has 1 aromatic carbocycles. The number of quaternary nitrogens is 1. The van der Waals surface area contributed by atoms with E-state index in [-0.39, 0.29) is 11.2 Å². The summed E-state index contributed by atoms with van der Waals surface area (Å²) in [6.45, 7) is 7.06. The zero-order valence-corrected chi connectivity index (χ0v) is 15.6. The third kappa shape index (κ3) is 5.06. The maximum Gasteiger partial charge on any atom is 0.277 e. The third-order valence-corrected chi connectivity index (χ3v) is 5.37. The fraction of sp³-hybridized carbons (Fsp3) is 0.500. The maximum atomic E-state index is 12.3. The van der Waals surface area contributed by atoms with E-state index >= 15 is 0 Å². The minimum Gasteiger partial charge on any atom is -0.410 e. The molecule has 1 amide bonds. The van der Waals surface area contributed by atoms with E-state index in [4.69, 9.17) is 4.42 Å². The Morgan fingerprint density at radius 1 is 1.28 bits per heavy atom. The number of nitrogens with zero attached hydrogens (tertiary/aromatic N) is 2. The van der Waals surface area contributed by atoms with Crippen molar-refractivity contribution in [3.63, 3.8) is 0 Å². The molecule has 1 saturated heterocycles. The Balaban J connectivity index is 1.51. The molecule has 1 aromatic heterocycles. The molecule has 0 spiro atoms. The van der Waals surface area contributed by atoms with Crippen LogP contribution in [-0.2, 0) is 17.8 Å². The highest BCUT2D eigenvalue weighted by Crippen LogP contribution is 2.23. The van der Waals surface area contributed by atoms with E-state index in [1.807, 2.05) is 31.2 Å². The molecule has 2 heterocycles. The van der Waals surface area contributed by atoms with Gasteiger partial charge in [-0.15, -0.1) is 10.2 Å². The quantitative estimate of drug-likeness (QED) is 0.738. The molecule has 0 aliphatic carbocycles. The molecular weight excluding hydrogens is 336 g/mol. The Hall–Kier alpha value is -1.86. The predicted molar refractivity (Wildman–Crippen MR) is 97.7 cm³/mol. The summed E-state index contributed by atoms with van der Waals surface area (Å²) in [6, 6.07) is 7.91. The van der Waals surface area contributed by atoms with Crippen LogP contribution in [0.15, 0.2) is 33.9 Å². The number of carbonyl (C=O) groups excluding carboxylic acids is 1. The van der Waals surface area contributed by atoms with Gasteiger partial charge in [0.05, 0.1) is 18.3 Å². The minimum absolute atomic E-state index is 0.0702. The highest BCUT2D eigenvalue weighted by molar-refractivity contribution is 8.00. The van der Waals surface area contributed by atoms with E-state index < -0.39 is 0 Å². The first-order chi connectivity index (χ1) is 12.1. The lowest BCUT2D eigenvalue weighted by Crippen LogP contribution is -3.08. The summed E-state index contributed by atoms with van der Waals surface area (Å²) in [6.07, 6.45) is 3.52. The van der Waals surface area contributed by atoms with Gasteiger partial charge in [0.25, 0.3) is 11.1 Å². The fourth-order valence-corrected chi connectivity index (χ4v) is 3.60. The average molecular weight is 361 g/mol. The smallest absolute Gasteiger partial charge is 0.277 e. The number of amides is 1. The van der Waals surface area contributed by atoms with Crippen molar-refractivity contribution >= 4 is 23.4 Å². The highest BCUT2D eigenvalue weighted by atomic mass is 32.2. The average Bonchev–Trinajstić information content (AvgIpc) is 3.28. The van der Waals surface area contributed by atoms with Gasteiger partial charge in [-0.05, 0) is 31.0 Å². The number of likely N-dealkylation sites (tertiary alicyclic amines) is 1. The van der Waals surface area contributed by atoms with Crippen LogP contribution in [-0.4, -0.2) is 34.4 Å². The summed E-state index contributed by atoms with van der Waals surface area (Å²) in [5.41, 5.74) is 2.05. The molecule has 0 saturated carbocycles. The monoisotopic (exact) mass is 361 g/mol. The van der Waals surface area contributed by atoms with Gasteiger partial charge in [-0.25, -0.2) is 0 Å². The zero-order valence-electron chi connectivity index (χ0n) is 14.7. The van der Waals surface area contributed by atoms with Gasteiger partial charge in [-0.1, -0.05) is 30.8 Å². The molecular formula is C18H25N4O2S+. The number of nitrogens with one attached hydrogen (secondary N) is 2. The molecule has 2 N–H and O–H groups in total. The predicted octanol–water partition coefficient (Wildman–Crippen LogP) is 1.93. The molecule has 0 unspecified atom stereocenters. The van der Waals surface area contributed by atoms with Crippen LogP contribution in [0.25, 0.3) is 0 Å². The Kier molecular flexibility index (Phi) is 6.09. The fourth-order valence-electron chi connectivity index (χ4n) is 2.90. The second-order valence-corrected chi connectivity index (χ2v) is 7.69. The number of thioether (sulfide) groups is 1. The van der Waals surface area contributed by atoms with E-state index in [0.717, 1.165) is 18.7 Å². The summed E-state index contributed by atoms with van der Waals surface area (Å²) in [7, 11) is 0. The summed E-state index contributed by atoms with van der Waals surface area (Å²) >= 11 is 1.30. The van der Waals surface area contributed by atoms with Gasteiger partial charge in [-0.2, -0.15) is 0 Å². The molecule has 0 radical (unpaired) electrons. The van der Waals surface area contributed by atoms with Gasteiger partial charge >= 0.3 is 0 Å². The molecule has 1 atom stereocenters. The third-order valence-electron chi connectivity index (χ3n) is 4.44. The van der Waals surface area contributed by atoms with E-state index in [9.17, 15) is 4.79 Å². The molecule has 7 heteroatoms. The molecule has 1 aliphatic rings. The van der Waals surface area contributed by atoms with Crippen molar-refractivity contribution in [3.8, 4) is 0 Å². The Labute approximate surface area is 152 Å². The number of aromatic nitrogens is 2. The van der Waals surface area contributed by atoms with Crippen molar-refractivity contribution in [2.75, 3.05) is 18.4 Å². The van der Waals surface area contributed by atoms with Crippen LogP contribution in [0, 0.1) is 0 Å².